The molecule has 2 aromatic rings. The summed E-state index contributed by atoms with van der Waals surface area (Å²) in [6.45, 7) is 0.851. The van der Waals surface area contributed by atoms with E-state index in [0.717, 1.165) is 18.2 Å². The van der Waals surface area contributed by atoms with Crippen LogP contribution in [0.5, 0.6) is 11.5 Å². The molecule has 25 heavy (non-hydrogen) atoms. The molecule has 0 saturated heterocycles. The third-order valence-corrected chi connectivity index (χ3v) is 4.85. The lowest BCUT2D eigenvalue weighted by atomic mass is 10.2. The number of sulfonamides is 1. The van der Waals surface area contributed by atoms with E-state index in [1.807, 2.05) is 0 Å². The normalized spacial score (nSPS) is 13.8. The van der Waals surface area contributed by atoms with Crippen LogP contribution in [0.25, 0.3) is 0 Å². The minimum atomic E-state index is -4.14. The predicted octanol–water partition coefficient (Wildman–Crippen LogP) is 2.49. The Bertz CT molecular complexity index is 928. The number of benzene rings is 2. The highest BCUT2D eigenvalue weighted by molar-refractivity contribution is 7.92. The summed E-state index contributed by atoms with van der Waals surface area (Å²) in [4.78, 5) is 10.8. The zero-order chi connectivity index (χ0) is 18.0. The molecule has 1 heterocycles. The van der Waals surface area contributed by atoms with Gasteiger partial charge in [-0.15, -0.1) is 0 Å². The van der Waals surface area contributed by atoms with E-state index in [2.05, 4.69) is 4.72 Å². The van der Waals surface area contributed by atoms with Crippen LogP contribution in [0.1, 0.15) is 16.8 Å². The van der Waals surface area contributed by atoms with Crippen molar-refractivity contribution in [2.45, 2.75) is 11.3 Å². The molecule has 0 aromatic heterocycles. The molecule has 2 N–H and O–H groups in total. The Morgan fingerprint density at radius 1 is 1.08 bits per heavy atom. The molecular formula is C16H14FNO6S. The first-order valence-electron chi connectivity index (χ1n) is 7.32. The standard InChI is InChI=1S/C16H14FNO6S/c17-12-4-2-10(16(19)20)8-13(12)18-25(21,22)11-3-5-14-15(9-11)24-7-1-6-23-14/h2-5,8-9,18H,1,6-7H2,(H,19,20). The van der Waals surface area contributed by atoms with Gasteiger partial charge in [0.1, 0.15) is 5.82 Å². The van der Waals surface area contributed by atoms with Crippen LogP contribution in [-0.2, 0) is 10.0 Å². The zero-order valence-corrected chi connectivity index (χ0v) is 13.7. The molecule has 0 unspecified atom stereocenters. The molecule has 3 rings (SSSR count). The molecule has 0 amide bonds. The summed E-state index contributed by atoms with van der Waals surface area (Å²) in [5, 5.41) is 8.94. The quantitative estimate of drug-likeness (QED) is 0.861. The van der Waals surface area contributed by atoms with E-state index < -0.39 is 27.5 Å². The Kier molecular flexibility index (Phi) is 4.49. The van der Waals surface area contributed by atoms with Gasteiger partial charge in [0.05, 0.1) is 29.4 Å². The number of carboxylic acid groups (broad SMARTS) is 1. The van der Waals surface area contributed by atoms with Gasteiger partial charge in [0.2, 0.25) is 0 Å². The van der Waals surface area contributed by atoms with E-state index in [1.54, 1.807) is 0 Å². The van der Waals surface area contributed by atoms with Gasteiger partial charge >= 0.3 is 5.97 Å². The first-order valence-corrected chi connectivity index (χ1v) is 8.80. The maximum Gasteiger partial charge on any atom is 0.335 e. The third kappa shape index (κ3) is 3.66. The topological polar surface area (TPSA) is 102 Å². The molecule has 0 saturated carbocycles. The van der Waals surface area contributed by atoms with Gasteiger partial charge < -0.3 is 14.6 Å². The minimum Gasteiger partial charge on any atom is -0.490 e. The van der Waals surface area contributed by atoms with Crippen LogP contribution in [0.2, 0.25) is 0 Å². The highest BCUT2D eigenvalue weighted by Crippen LogP contribution is 2.32. The van der Waals surface area contributed by atoms with E-state index in [9.17, 15) is 17.6 Å². The molecule has 2 aromatic carbocycles. The minimum absolute atomic E-state index is 0.156. The second-order valence-electron chi connectivity index (χ2n) is 5.26. The Balaban J connectivity index is 1.94. The van der Waals surface area contributed by atoms with Gasteiger partial charge in [0.15, 0.2) is 11.5 Å². The van der Waals surface area contributed by atoms with Gasteiger partial charge in [-0.2, -0.15) is 0 Å². The Morgan fingerprint density at radius 2 is 1.80 bits per heavy atom. The van der Waals surface area contributed by atoms with Crippen LogP contribution in [0.15, 0.2) is 41.3 Å². The Labute approximate surface area is 143 Å². The summed E-state index contributed by atoms with van der Waals surface area (Å²) in [5.74, 6) is -1.48. The van der Waals surface area contributed by atoms with Crippen molar-refractivity contribution in [1.82, 2.24) is 0 Å². The zero-order valence-electron chi connectivity index (χ0n) is 12.9. The Hall–Kier alpha value is -2.81. The van der Waals surface area contributed by atoms with Gasteiger partial charge in [0, 0.05) is 12.5 Å². The van der Waals surface area contributed by atoms with Crippen molar-refractivity contribution in [3.63, 3.8) is 0 Å². The van der Waals surface area contributed by atoms with Crippen molar-refractivity contribution in [3.05, 3.63) is 47.8 Å². The van der Waals surface area contributed by atoms with Crippen LogP contribution in [0, 0.1) is 5.82 Å². The fraction of sp³-hybridized carbons (Fsp3) is 0.188. The van der Waals surface area contributed by atoms with Crippen molar-refractivity contribution in [2.75, 3.05) is 17.9 Å². The molecular weight excluding hydrogens is 353 g/mol. The molecule has 1 aliphatic rings. The van der Waals surface area contributed by atoms with Crippen molar-refractivity contribution in [3.8, 4) is 11.5 Å². The third-order valence-electron chi connectivity index (χ3n) is 3.49. The molecule has 0 aliphatic carbocycles. The average molecular weight is 367 g/mol. The van der Waals surface area contributed by atoms with Crippen LogP contribution in [0.4, 0.5) is 10.1 Å². The molecule has 7 nitrogen and oxygen atoms in total. The number of anilines is 1. The summed E-state index contributed by atoms with van der Waals surface area (Å²) >= 11 is 0. The van der Waals surface area contributed by atoms with Crippen molar-refractivity contribution in [1.29, 1.82) is 0 Å². The number of carbonyl (C=O) groups is 1. The van der Waals surface area contributed by atoms with Gasteiger partial charge in [-0.25, -0.2) is 17.6 Å². The second kappa shape index (κ2) is 6.60. The maximum atomic E-state index is 13.8. The molecule has 9 heteroatoms. The number of carboxylic acids is 1. The summed E-state index contributed by atoms with van der Waals surface area (Å²) in [6, 6.07) is 6.88. The van der Waals surface area contributed by atoms with Crippen molar-refractivity contribution < 1.29 is 32.2 Å². The van der Waals surface area contributed by atoms with Gasteiger partial charge in [-0.1, -0.05) is 0 Å². The number of hydrogen-bond donors (Lipinski definition) is 2. The number of halogens is 1. The van der Waals surface area contributed by atoms with E-state index in [0.29, 0.717) is 25.4 Å². The van der Waals surface area contributed by atoms with E-state index in [-0.39, 0.29) is 16.2 Å². The second-order valence-corrected chi connectivity index (χ2v) is 6.95. The summed E-state index contributed by atoms with van der Waals surface area (Å²) < 4.78 is 51.7. The SMILES string of the molecule is O=C(O)c1ccc(F)c(NS(=O)(=O)c2ccc3c(c2)OCCCO3)c1. The van der Waals surface area contributed by atoms with E-state index in [4.69, 9.17) is 14.6 Å². The predicted molar refractivity (Wildman–Crippen MR) is 86.2 cm³/mol. The summed E-state index contributed by atoms with van der Waals surface area (Å²) in [7, 11) is -4.14. The molecule has 0 bridgehead atoms. The molecule has 132 valence electrons. The number of fused-ring (bicyclic) bond motifs is 1. The number of ether oxygens (including phenoxy) is 2. The maximum absolute atomic E-state index is 13.8. The van der Waals surface area contributed by atoms with Crippen LogP contribution < -0.4 is 14.2 Å². The first kappa shape index (κ1) is 17.0. The van der Waals surface area contributed by atoms with Crippen LogP contribution in [-0.4, -0.2) is 32.7 Å². The lowest BCUT2D eigenvalue weighted by Crippen LogP contribution is -2.15. The largest absolute Gasteiger partial charge is 0.490 e. The van der Waals surface area contributed by atoms with Gasteiger partial charge in [-0.3, -0.25) is 4.72 Å². The molecule has 0 radical (unpaired) electrons. The molecule has 0 spiro atoms. The van der Waals surface area contributed by atoms with E-state index >= 15 is 0 Å². The van der Waals surface area contributed by atoms with Crippen LogP contribution in [0.3, 0.4) is 0 Å². The molecule has 0 atom stereocenters. The van der Waals surface area contributed by atoms with Gasteiger partial charge in [0.25, 0.3) is 10.0 Å². The average Bonchev–Trinajstić information content (AvgIpc) is 2.81. The molecule has 0 fully saturated rings. The number of hydrogen-bond acceptors (Lipinski definition) is 5. The van der Waals surface area contributed by atoms with Gasteiger partial charge in [-0.05, 0) is 30.3 Å². The first-order chi connectivity index (χ1) is 11.9. The fourth-order valence-electron chi connectivity index (χ4n) is 2.25. The number of nitrogens with one attached hydrogen (secondary N) is 1. The van der Waals surface area contributed by atoms with Crippen molar-refractivity contribution >= 4 is 21.7 Å². The smallest absolute Gasteiger partial charge is 0.335 e. The summed E-state index contributed by atoms with van der Waals surface area (Å²) in [5.41, 5.74) is -0.690. The summed E-state index contributed by atoms with van der Waals surface area (Å²) in [6.07, 6.45) is 0.669. The fourth-order valence-corrected chi connectivity index (χ4v) is 3.32. The van der Waals surface area contributed by atoms with E-state index in [1.165, 1.54) is 18.2 Å². The number of rotatable bonds is 4. The highest BCUT2D eigenvalue weighted by Gasteiger charge is 2.21. The lowest BCUT2D eigenvalue weighted by Gasteiger charge is -2.12. The monoisotopic (exact) mass is 367 g/mol. The van der Waals surface area contributed by atoms with Crippen molar-refractivity contribution in [2.24, 2.45) is 0 Å². The molecule has 1 aliphatic heterocycles. The highest BCUT2D eigenvalue weighted by atomic mass is 32.2. The Morgan fingerprint density at radius 3 is 2.52 bits per heavy atom. The van der Waals surface area contributed by atoms with Crippen LogP contribution >= 0.6 is 0 Å². The number of aromatic carboxylic acids is 1. The lowest BCUT2D eigenvalue weighted by molar-refractivity contribution is 0.0697.